The van der Waals surface area contributed by atoms with Crippen molar-refractivity contribution in [1.82, 2.24) is 30.0 Å². The minimum absolute atomic E-state index is 0.576. The number of pyridine rings is 2. The van der Waals surface area contributed by atoms with Gasteiger partial charge in [0.15, 0.2) is 0 Å². The van der Waals surface area contributed by atoms with E-state index in [4.69, 9.17) is 5.10 Å². The van der Waals surface area contributed by atoms with Gasteiger partial charge in [0, 0.05) is 54.4 Å². The standard InChI is InChI=1S/C30H32N8/c1-19(20-4-3-5-20)33-23-12-22(15-31-16-23)21-6-7-26-25(13-21)30(36-35-26)27-14-24-28(34-27)17-32-18-29(24)38-10-8-37(2)9-11-38/h6-7,12-18,20,33-34H,1,3-5,8-11H2,2H3,(H,35,36). The summed E-state index contributed by atoms with van der Waals surface area (Å²) in [4.78, 5) is 17.4. The third kappa shape index (κ3) is 4.11. The summed E-state index contributed by atoms with van der Waals surface area (Å²) in [6.45, 7) is 8.36. The number of H-pyrrole nitrogens is 2. The quantitative estimate of drug-likeness (QED) is 0.277. The fourth-order valence-corrected chi connectivity index (χ4v) is 5.57. The summed E-state index contributed by atoms with van der Waals surface area (Å²) in [7, 11) is 2.18. The van der Waals surface area contributed by atoms with Gasteiger partial charge in [-0.1, -0.05) is 19.1 Å². The Bertz CT molecular complexity index is 1630. The molecule has 0 bridgehead atoms. The molecule has 8 heteroatoms. The van der Waals surface area contributed by atoms with Gasteiger partial charge in [-0.15, -0.1) is 0 Å². The average molecular weight is 505 g/mol. The SMILES string of the molecule is C=C(Nc1cncc(-c2ccc3[nH]nc(-c4cc5c(N6CCN(C)CC6)cncc5[nH]4)c3c2)c1)C1CCC1. The second-order valence-electron chi connectivity index (χ2n) is 10.7. The van der Waals surface area contributed by atoms with Crippen molar-refractivity contribution in [2.45, 2.75) is 19.3 Å². The van der Waals surface area contributed by atoms with Gasteiger partial charge in [-0.25, -0.2) is 0 Å². The van der Waals surface area contributed by atoms with Crippen LogP contribution in [0.5, 0.6) is 0 Å². The number of hydrogen-bond acceptors (Lipinski definition) is 6. The number of likely N-dealkylation sites (N-methyl/N-ethyl adjacent to an activating group) is 1. The molecule has 5 aromatic rings. The van der Waals surface area contributed by atoms with Gasteiger partial charge in [-0.05, 0) is 55.6 Å². The van der Waals surface area contributed by atoms with Gasteiger partial charge < -0.3 is 20.1 Å². The molecule has 0 radical (unpaired) electrons. The maximum atomic E-state index is 4.70. The van der Waals surface area contributed by atoms with E-state index in [0.29, 0.717) is 5.92 Å². The normalized spacial score (nSPS) is 16.7. The van der Waals surface area contributed by atoms with Gasteiger partial charge >= 0.3 is 0 Å². The highest BCUT2D eigenvalue weighted by Gasteiger charge is 2.21. The van der Waals surface area contributed by atoms with Crippen LogP contribution in [-0.2, 0) is 0 Å². The van der Waals surface area contributed by atoms with Crippen LogP contribution in [0.3, 0.4) is 0 Å². The molecule has 8 nitrogen and oxygen atoms in total. The molecule has 0 unspecified atom stereocenters. The van der Waals surface area contributed by atoms with Crippen molar-refractivity contribution in [3.8, 4) is 22.5 Å². The van der Waals surface area contributed by atoms with Crippen LogP contribution in [0.1, 0.15) is 19.3 Å². The number of hydrogen-bond donors (Lipinski definition) is 3. The monoisotopic (exact) mass is 504 g/mol. The lowest BCUT2D eigenvalue weighted by molar-refractivity contribution is 0.313. The molecule has 192 valence electrons. The van der Waals surface area contributed by atoms with E-state index in [1.165, 1.54) is 30.3 Å². The maximum Gasteiger partial charge on any atom is 0.116 e. The van der Waals surface area contributed by atoms with Gasteiger partial charge in [-0.3, -0.25) is 15.1 Å². The van der Waals surface area contributed by atoms with E-state index in [1.54, 1.807) is 0 Å². The smallest absolute Gasteiger partial charge is 0.116 e. The number of anilines is 2. The number of fused-ring (bicyclic) bond motifs is 2. The number of allylic oxidation sites excluding steroid dienone is 1. The topological polar surface area (TPSA) is 88.8 Å². The Balaban J connectivity index is 1.22. The number of rotatable bonds is 6. The van der Waals surface area contributed by atoms with Crippen LogP contribution < -0.4 is 10.2 Å². The van der Waals surface area contributed by atoms with Crippen LogP contribution in [0, 0.1) is 5.92 Å². The fourth-order valence-electron chi connectivity index (χ4n) is 5.57. The first-order valence-corrected chi connectivity index (χ1v) is 13.4. The molecule has 1 aromatic carbocycles. The first kappa shape index (κ1) is 23.0. The lowest BCUT2D eigenvalue weighted by Crippen LogP contribution is -2.44. The van der Waals surface area contributed by atoms with E-state index in [9.17, 15) is 0 Å². The molecule has 1 saturated carbocycles. The van der Waals surface area contributed by atoms with Gasteiger partial charge in [0.25, 0.3) is 0 Å². The van der Waals surface area contributed by atoms with Crippen LogP contribution in [0.4, 0.5) is 11.4 Å². The molecular weight excluding hydrogens is 472 g/mol. The highest BCUT2D eigenvalue weighted by Crippen LogP contribution is 2.36. The highest BCUT2D eigenvalue weighted by atomic mass is 15.3. The first-order chi connectivity index (χ1) is 18.6. The van der Waals surface area contributed by atoms with Crippen molar-refractivity contribution in [3.05, 3.63) is 67.4 Å². The van der Waals surface area contributed by atoms with Crippen molar-refractivity contribution in [2.24, 2.45) is 5.92 Å². The number of benzene rings is 1. The summed E-state index contributed by atoms with van der Waals surface area (Å²) in [5, 5.41) is 13.6. The molecule has 1 saturated heterocycles. The second kappa shape index (κ2) is 9.29. The predicted molar refractivity (Wildman–Crippen MR) is 154 cm³/mol. The largest absolute Gasteiger partial charge is 0.367 e. The lowest BCUT2D eigenvalue weighted by atomic mass is 9.83. The number of aromatic amines is 2. The van der Waals surface area contributed by atoms with Crippen molar-refractivity contribution in [1.29, 1.82) is 0 Å². The van der Waals surface area contributed by atoms with Gasteiger partial charge in [0.2, 0.25) is 0 Å². The predicted octanol–water partition coefficient (Wildman–Crippen LogP) is 5.65. The summed E-state index contributed by atoms with van der Waals surface area (Å²) >= 11 is 0. The van der Waals surface area contributed by atoms with E-state index in [2.05, 4.69) is 79.1 Å². The molecule has 0 amide bonds. The summed E-state index contributed by atoms with van der Waals surface area (Å²) in [6, 6.07) is 10.8. The molecule has 5 heterocycles. The number of nitrogens with zero attached hydrogens (tertiary/aromatic N) is 5. The van der Waals surface area contributed by atoms with E-state index >= 15 is 0 Å². The Hall–Kier alpha value is -4.17. The van der Waals surface area contributed by atoms with Crippen LogP contribution in [0.25, 0.3) is 44.3 Å². The summed E-state index contributed by atoms with van der Waals surface area (Å²) in [6.07, 6.45) is 11.4. The summed E-state index contributed by atoms with van der Waals surface area (Å²) in [5.41, 5.74) is 9.32. The number of aromatic nitrogens is 5. The molecule has 7 rings (SSSR count). The van der Waals surface area contributed by atoms with Crippen LogP contribution in [0.2, 0.25) is 0 Å². The lowest BCUT2D eigenvalue weighted by Gasteiger charge is -2.34. The van der Waals surface area contributed by atoms with Gasteiger partial charge in [-0.2, -0.15) is 5.10 Å². The Morgan fingerprint density at radius 3 is 2.58 bits per heavy atom. The fraction of sp³-hybridized carbons (Fsp3) is 0.300. The Labute approximate surface area is 221 Å². The Morgan fingerprint density at radius 2 is 1.76 bits per heavy atom. The van der Waals surface area contributed by atoms with Crippen LogP contribution in [-0.4, -0.2) is 63.3 Å². The van der Waals surface area contributed by atoms with Crippen LogP contribution in [0.15, 0.2) is 67.4 Å². The van der Waals surface area contributed by atoms with Crippen molar-refractivity contribution in [3.63, 3.8) is 0 Å². The molecule has 1 aliphatic heterocycles. The molecular formula is C30H32N8. The molecule has 0 atom stereocenters. The molecule has 2 aliphatic rings. The van der Waals surface area contributed by atoms with Crippen molar-refractivity contribution in [2.75, 3.05) is 43.4 Å². The average Bonchev–Trinajstić information content (AvgIpc) is 3.52. The zero-order valence-electron chi connectivity index (χ0n) is 21.7. The number of piperazine rings is 1. The Morgan fingerprint density at radius 1 is 0.921 bits per heavy atom. The van der Waals surface area contributed by atoms with Crippen molar-refractivity contribution < 1.29 is 0 Å². The first-order valence-electron chi connectivity index (χ1n) is 13.4. The molecule has 3 N–H and O–H groups in total. The number of nitrogens with one attached hydrogen (secondary N) is 3. The summed E-state index contributed by atoms with van der Waals surface area (Å²) in [5.74, 6) is 0.576. The Kier molecular flexibility index (Phi) is 5.62. The van der Waals surface area contributed by atoms with Crippen molar-refractivity contribution >= 4 is 33.2 Å². The maximum absolute atomic E-state index is 4.70. The van der Waals surface area contributed by atoms with Gasteiger partial charge in [0.1, 0.15) is 5.69 Å². The summed E-state index contributed by atoms with van der Waals surface area (Å²) < 4.78 is 0. The zero-order valence-corrected chi connectivity index (χ0v) is 21.7. The van der Waals surface area contributed by atoms with E-state index in [0.717, 1.165) is 76.5 Å². The van der Waals surface area contributed by atoms with Crippen LogP contribution >= 0.6 is 0 Å². The van der Waals surface area contributed by atoms with E-state index < -0.39 is 0 Å². The minimum atomic E-state index is 0.576. The minimum Gasteiger partial charge on any atom is -0.367 e. The highest BCUT2D eigenvalue weighted by molar-refractivity contribution is 6.00. The molecule has 2 fully saturated rings. The molecule has 0 spiro atoms. The van der Waals surface area contributed by atoms with E-state index in [-0.39, 0.29) is 0 Å². The molecule has 38 heavy (non-hydrogen) atoms. The van der Waals surface area contributed by atoms with E-state index in [1.807, 2.05) is 24.8 Å². The third-order valence-corrected chi connectivity index (χ3v) is 8.16. The third-order valence-electron chi connectivity index (χ3n) is 8.16. The second-order valence-corrected chi connectivity index (χ2v) is 10.7. The zero-order chi connectivity index (χ0) is 25.6. The van der Waals surface area contributed by atoms with Gasteiger partial charge in [0.05, 0.1) is 46.7 Å². The molecule has 4 aromatic heterocycles. The molecule has 1 aliphatic carbocycles.